The van der Waals surface area contributed by atoms with E-state index in [9.17, 15) is 4.79 Å². The topological polar surface area (TPSA) is 44.4 Å². The van der Waals surface area contributed by atoms with Crippen molar-refractivity contribution in [2.75, 3.05) is 6.54 Å². The molecule has 1 aromatic rings. The van der Waals surface area contributed by atoms with Crippen molar-refractivity contribution in [2.24, 2.45) is 5.92 Å². The molecule has 4 heteroatoms. The van der Waals surface area contributed by atoms with E-state index in [1.54, 1.807) is 11.1 Å². The molecule has 2 heterocycles. The predicted octanol–water partition coefficient (Wildman–Crippen LogP) is 4.92. The highest BCUT2D eigenvalue weighted by Crippen LogP contribution is 2.53. The zero-order valence-electron chi connectivity index (χ0n) is 17.1. The van der Waals surface area contributed by atoms with Gasteiger partial charge in [-0.2, -0.15) is 0 Å². The summed E-state index contributed by atoms with van der Waals surface area (Å²) in [6, 6.07) is 10.7. The number of rotatable bonds is 4. The summed E-state index contributed by atoms with van der Waals surface area (Å²) in [7, 11) is 0. The summed E-state index contributed by atoms with van der Waals surface area (Å²) in [6.07, 6.45) is 8.71. The maximum atomic E-state index is 12.1. The molecule has 0 aromatic heterocycles. The second kappa shape index (κ2) is 7.46. The number of amides is 2. The van der Waals surface area contributed by atoms with Crippen molar-refractivity contribution in [3.63, 3.8) is 0 Å². The van der Waals surface area contributed by atoms with E-state index >= 15 is 0 Å². The van der Waals surface area contributed by atoms with E-state index in [1.165, 1.54) is 38.6 Å². The highest BCUT2D eigenvalue weighted by atomic mass is 16.2. The van der Waals surface area contributed by atoms with Crippen LogP contribution in [-0.4, -0.2) is 29.1 Å². The summed E-state index contributed by atoms with van der Waals surface area (Å²) in [4.78, 5) is 14.8. The molecule has 2 amide bonds. The van der Waals surface area contributed by atoms with Crippen LogP contribution in [0.15, 0.2) is 24.3 Å². The molecule has 2 atom stereocenters. The molecule has 2 aliphatic heterocycles. The van der Waals surface area contributed by atoms with Gasteiger partial charge in [0.05, 0.1) is 0 Å². The van der Waals surface area contributed by atoms with E-state index in [4.69, 9.17) is 0 Å². The van der Waals surface area contributed by atoms with Crippen molar-refractivity contribution in [3.05, 3.63) is 35.4 Å². The first-order chi connectivity index (χ1) is 12.9. The lowest BCUT2D eigenvalue weighted by Crippen LogP contribution is -2.50. The SMILES string of the molecule is CC(C)(C)NC(=O)NC1CCC(CCN2C3CCC2c2ccccc23)CC1. The minimum absolute atomic E-state index is 0.0163. The van der Waals surface area contributed by atoms with Gasteiger partial charge in [-0.1, -0.05) is 24.3 Å². The molecule has 4 nitrogen and oxygen atoms in total. The number of nitrogens with zero attached hydrogens (tertiary/aromatic N) is 1. The average Bonchev–Trinajstić information content (AvgIpc) is 3.16. The number of carbonyl (C=O) groups is 1. The van der Waals surface area contributed by atoms with Crippen molar-refractivity contribution in [1.82, 2.24) is 15.5 Å². The first-order valence-electron chi connectivity index (χ1n) is 10.8. The summed E-state index contributed by atoms with van der Waals surface area (Å²) in [6.45, 7) is 7.30. The molecule has 1 aromatic carbocycles. The minimum Gasteiger partial charge on any atom is -0.335 e. The van der Waals surface area contributed by atoms with Gasteiger partial charge in [-0.25, -0.2) is 4.79 Å². The summed E-state index contributed by atoms with van der Waals surface area (Å²) in [5.74, 6) is 0.817. The highest BCUT2D eigenvalue weighted by Gasteiger charge is 2.43. The maximum absolute atomic E-state index is 12.1. The zero-order valence-corrected chi connectivity index (χ0v) is 17.1. The van der Waals surface area contributed by atoms with Gasteiger partial charge < -0.3 is 10.6 Å². The third-order valence-corrected chi connectivity index (χ3v) is 6.69. The lowest BCUT2D eigenvalue weighted by Gasteiger charge is -2.32. The number of nitrogens with one attached hydrogen (secondary N) is 2. The van der Waals surface area contributed by atoms with Gasteiger partial charge in [0.2, 0.25) is 0 Å². The Kier molecular flexibility index (Phi) is 5.19. The van der Waals surface area contributed by atoms with Gasteiger partial charge in [0, 0.05) is 23.7 Å². The molecule has 0 spiro atoms. The quantitative estimate of drug-likeness (QED) is 0.791. The summed E-state index contributed by atoms with van der Waals surface area (Å²) in [5.41, 5.74) is 3.01. The molecule has 4 rings (SSSR count). The third kappa shape index (κ3) is 4.16. The summed E-state index contributed by atoms with van der Waals surface area (Å²) < 4.78 is 0. The van der Waals surface area contributed by atoms with Crippen molar-refractivity contribution in [3.8, 4) is 0 Å². The number of benzene rings is 1. The van der Waals surface area contributed by atoms with Crippen LogP contribution in [-0.2, 0) is 0 Å². The molecule has 2 bridgehead atoms. The van der Waals surface area contributed by atoms with Gasteiger partial charge in [0.1, 0.15) is 0 Å². The van der Waals surface area contributed by atoms with Gasteiger partial charge in [-0.15, -0.1) is 0 Å². The zero-order chi connectivity index (χ0) is 19.0. The first-order valence-corrected chi connectivity index (χ1v) is 10.8. The standard InChI is InChI=1S/C23H35N3O/c1-23(2,3)25-22(27)24-17-10-8-16(9-11-17)14-15-26-20-12-13-21(26)19-7-5-4-6-18(19)20/h4-7,16-17,20-21H,8-15H2,1-3H3,(H2,24,25,27). The normalized spacial score (nSPS) is 30.2. The number of urea groups is 1. The molecule has 0 radical (unpaired) electrons. The molecule has 148 valence electrons. The van der Waals surface area contributed by atoms with Crippen LogP contribution >= 0.6 is 0 Å². The monoisotopic (exact) mass is 369 g/mol. The van der Waals surface area contributed by atoms with Crippen LogP contribution < -0.4 is 10.6 Å². The van der Waals surface area contributed by atoms with Crippen molar-refractivity contribution < 1.29 is 4.79 Å². The Morgan fingerprint density at radius 1 is 1.00 bits per heavy atom. The van der Waals surface area contributed by atoms with Gasteiger partial charge in [-0.3, -0.25) is 4.90 Å². The molecular weight excluding hydrogens is 334 g/mol. The molecule has 2 unspecified atom stereocenters. The van der Waals surface area contributed by atoms with Crippen LogP contribution in [0.4, 0.5) is 4.79 Å². The Morgan fingerprint density at radius 3 is 2.15 bits per heavy atom. The fourth-order valence-corrected chi connectivity index (χ4v) is 5.45. The van der Waals surface area contributed by atoms with Gasteiger partial charge in [0.15, 0.2) is 0 Å². The Labute approximate surface area is 164 Å². The number of fused-ring (bicyclic) bond motifs is 5. The first kappa shape index (κ1) is 18.8. The van der Waals surface area contributed by atoms with Gasteiger partial charge >= 0.3 is 6.03 Å². The Morgan fingerprint density at radius 2 is 1.59 bits per heavy atom. The second-order valence-corrected chi connectivity index (χ2v) is 9.83. The minimum atomic E-state index is -0.173. The molecule has 2 fully saturated rings. The number of carbonyl (C=O) groups excluding carboxylic acids is 1. The molecule has 1 aliphatic carbocycles. The van der Waals surface area contributed by atoms with Crippen molar-refractivity contribution in [1.29, 1.82) is 0 Å². The van der Waals surface area contributed by atoms with Crippen LogP contribution in [0.1, 0.15) is 88.9 Å². The van der Waals surface area contributed by atoms with Gasteiger partial charge in [-0.05, 0) is 89.3 Å². The largest absolute Gasteiger partial charge is 0.335 e. The third-order valence-electron chi connectivity index (χ3n) is 6.69. The van der Waals surface area contributed by atoms with E-state index in [-0.39, 0.29) is 11.6 Å². The lowest BCUT2D eigenvalue weighted by molar-refractivity contribution is 0.184. The fourth-order valence-electron chi connectivity index (χ4n) is 5.45. The molecule has 2 N–H and O–H groups in total. The Bertz CT molecular complexity index is 641. The summed E-state index contributed by atoms with van der Waals surface area (Å²) >= 11 is 0. The van der Waals surface area contributed by atoms with E-state index in [1.807, 2.05) is 20.8 Å². The van der Waals surface area contributed by atoms with Crippen LogP contribution in [0.2, 0.25) is 0 Å². The number of hydrogen-bond donors (Lipinski definition) is 2. The predicted molar refractivity (Wildman–Crippen MR) is 110 cm³/mol. The van der Waals surface area contributed by atoms with Crippen LogP contribution in [0, 0.1) is 5.92 Å². The molecule has 1 saturated heterocycles. The van der Waals surface area contributed by atoms with Crippen molar-refractivity contribution in [2.45, 2.75) is 89.4 Å². The maximum Gasteiger partial charge on any atom is 0.315 e. The van der Waals surface area contributed by atoms with Crippen LogP contribution in [0.25, 0.3) is 0 Å². The van der Waals surface area contributed by atoms with E-state index in [2.05, 4.69) is 39.8 Å². The fraction of sp³-hybridized carbons (Fsp3) is 0.696. The molecule has 3 aliphatic rings. The van der Waals surface area contributed by atoms with E-state index in [0.29, 0.717) is 18.1 Å². The second-order valence-electron chi connectivity index (χ2n) is 9.83. The lowest BCUT2D eigenvalue weighted by atomic mass is 9.84. The van der Waals surface area contributed by atoms with Gasteiger partial charge in [0.25, 0.3) is 0 Å². The Balaban J connectivity index is 1.22. The van der Waals surface area contributed by atoms with E-state index < -0.39 is 0 Å². The number of hydrogen-bond acceptors (Lipinski definition) is 2. The highest BCUT2D eigenvalue weighted by molar-refractivity contribution is 5.74. The summed E-state index contributed by atoms with van der Waals surface area (Å²) in [5, 5.41) is 6.18. The average molecular weight is 370 g/mol. The smallest absolute Gasteiger partial charge is 0.315 e. The Hall–Kier alpha value is -1.55. The van der Waals surface area contributed by atoms with Crippen LogP contribution in [0.3, 0.4) is 0 Å². The molecule has 27 heavy (non-hydrogen) atoms. The molecular formula is C23H35N3O. The van der Waals surface area contributed by atoms with E-state index in [0.717, 1.165) is 18.8 Å². The van der Waals surface area contributed by atoms with Crippen molar-refractivity contribution >= 4 is 6.03 Å². The van der Waals surface area contributed by atoms with Crippen LogP contribution in [0.5, 0.6) is 0 Å². The molecule has 1 saturated carbocycles.